The van der Waals surface area contributed by atoms with Crippen LogP contribution in [0, 0.1) is 5.41 Å². The fourth-order valence-corrected chi connectivity index (χ4v) is 1.43. The van der Waals surface area contributed by atoms with Gasteiger partial charge in [-0.3, -0.25) is 0 Å². The molecular weight excluding hydrogens is 238 g/mol. The Balaban J connectivity index is 2.75. The molecule has 1 atom stereocenters. The third-order valence-corrected chi connectivity index (χ3v) is 3.24. The lowest BCUT2D eigenvalue weighted by Crippen LogP contribution is -2.30. The number of hydrogen-bond acceptors (Lipinski definition) is 1. The summed E-state index contributed by atoms with van der Waals surface area (Å²) in [7, 11) is 0. The van der Waals surface area contributed by atoms with Gasteiger partial charge >= 0.3 is 0 Å². The van der Waals surface area contributed by atoms with E-state index in [0.29, 0.717) is 6.04 Å². The molecule has 78 valence electrons. The average molecular weight is 256 g/mol. The van der Waals surface area contributed by atoms with Crippen LogP contribution in [0.1, 0.15) is 27.7 Å². The normalized spacial score (nSPS) is 13.8. The molecule has 0 aliphatic heterocycles. The van der Waals surface area contributed by atoms with Gasteiger partial charge in [0.15, 0.2) is 0 Å². The van der Waals surface area contributed by atoms with Crippen molar-refractivity contribution < 1.29 is 0 Å². The predicted octanol–water partition coefficient (Wildman–Crippen LogP) is 4.30. The maximum absolute atomic E-state index is 3.53. The highest BCUT2D eigenvalue weighted by Gasteiger charge is 2.19. The third-order valence-electron chi connectivity index (χ3n) is 2.54. The van der Waals surface area contributed by atoms with Crippen LogP contribution in [0.15, 0.2) is 28.7 Å². The Morgan fingerprint density at radius 1 is 1.21 bits per heavy atom. The molecule has 0 radical (unpaired) electrons. The first-order valence-corrected chi connectivity index (χ1v) is 5.71. The molecule has 1 unspecified atom stereocenters. The van der Waals surface area contributed by atoms with Gasteiger partial charge in [-0.05, 0) is 40.4 Å². The summed E-state index contributed by atoms with van der Waals surface area (Å²) in [5.74, 6) is 0. The number of halogens is 1. The van der Waals surface area contributed by atoms with E-state index in [4.69, 9.17) is 0 Å². The molecule has 1 rings (SSSR count). The number of para-hydroxylation sites is 1. The van der Waals surface area contributed by atoms with Crippen LogP contribution < -0.4 is 5.32 Å². The summed E-state index contributed by atoms with van der Waals surface area (Å²) in [6, 6.07) is 8.66. The summed E-state index contributed by atoms with van der Waals surface area (Å²) in [6.45, 7) is 8.92. The highest BCUT2D eigenvalue weighted by atomic mass is 79.9. The third kappa shape index (κ3) is 3.02. The second kappa shape index (κ2) is 4.35. The molecule has 0 aromatic heterocycles. The minimum absolute atomic E-state index is 0.273. The zero-order chi connectivity index (χ0) is 10.8. The van der Waals surface area contributed by atoms with Gasteiger partial charge in [-0.25, -0.2) is 0 Å². The van der Waals surface area contributed by atoms with E-state index in [1.807, 2.05) is 12.1 Å². The summed E-state index contributed by atoms with van der Waals surface area (Å²) in [4.78, 5) is 0. The van der Waals surface area contributed by atoms with E-state index < -0.39 is 0 Å². The molecule has 0 aliphatic rings. The summed E-state index contributed by atoms with van der Waals surface area (Å²) in [5, 5.41) is 3.50. The van der Waals surface area contributed by atoms with E-state index in [-0.39, 0.29) is 5.41 Å². The molecule has 0 aliphatic carbocycles. The van der Waals surface area contributed by atoms with Gasteiger partial charge in [0.2, 0.25) is 0 Å². The molecule has 0 amide bonds. The largest absolute Gasteiger partial charge is 0.381 e. The minimum atomic E-state index is 0.273. The van der Waals surface area contributed by atoms with Crippen LogP contribution in [0.4, 0.5) is 5.69 Å². The Labute approximate surface area is 95.0 Å². The van der Waals surface area contributed by atoms with Crippen molar-refractivity contribution in [2.24, 2.45) is 5.41 Å². The fraction of sp³-hybridized carbons (Fsp3) is 0.500. The highest BCUT2D eigenvalue weighted by molar-refractivity contribution is 9.10. The van der Waals surface area contributed by atoms with Gasteiger partial charge in [0.25, 0.3) is 0 Å². The van der Waals surface area contributed by atoms with Gasteiger partial charge in [-0.15, -0.1) is 0 Å². The first kappa shape index (κ1) is 11.6. The minimum Gasteiger partial charge on any atom is -0.381 e. The molecule has 1 aromatic carbocycles. The van der Waals surface area contributed by atoms with Crippen LogP contribution in [0.2, 0.25) is 0 Å². The molecule has 0 spiro atoms. The smallest absolute Gasteiger partial charge is 0.0486 e. The lowest BCUT2D eigenvalue weighted by atomic mass is 9.88. The summed E-state index contributed by atoms with van der Waals surface area (Å²) in [6.07, 6.45) is 0. The second-order valence-corrected chi connectivity index (χ2v) is 5.57. The number of anilines is 1. The van der Waals surface area contributed by atoms with Crippen molar-refractivity contribution in [2.75, 3.05) is 5.32 Å². The Morgan fingerprint density at radius 3 is 2.29 bits per heavy atom. The number of rotatable bonds is 2. The average Bonchev–Trinajstić information content (AvgIpc) is 2.07. The first-order valence-electron chi connectivity index (χ1n) is 4.92. The maximum atomic E-state index is 3.53. The number of benzene rings is 1. The van der Waals surface area contributed by atoms with Crippen molar-refractivity contribution in [1.82, 2.24) is 0 Å². The Hall–Kier alpha value is -0.500. The molecule has 1 N–H and O–H groups in total. The molecule has 0 saturated carbocycles. The Kier molecular flexibility index (Phi) is 3.59. The van der Waals surface area contributed by atoms with Gasteiger partial charge in [-0.2, -0.15) is 0 Å². The summed E-state index contributed by atoms with van der Waals surface area (Å²) in [5.41, 5.74) is 1.44. The molecule has 0 fully saturated rings. The van der Waals surface area contributed by atoms with Crippen LogP contribution in [0.25, 0.3) is 0 Å². The van der Waals surface area contributed by atoms with E-state index in [0.717, 1.165) is 10.2 Å². The molecule has 0 heterocycles. The SMILES string of the molecule is CC(Nc1ccccc1Br)C(C)(C)C. The maximum Gasteiger partial charge on any atom is 0.0486 e. The Morgan fingerprint density at radius 2 is 1.79 bits per heavy atom. The van der Waals surface area contributed by atoms with Crippen molar-refractivity contribution >= 4 is 21.6 Å². The van der Waals surface area contributed by atoms with Gasteiger partial charge in [0.05, 0.1) is 0 Å². The van der Waals surface area contributed by atoms with Gasteiger partial charge < -0.3 is 5.32 Å². The van der Waals surface area contributed by atoms with E-state index in [9.17, 15) is 0 Å². The van der Waals surface area contributed by atoms with Gasteiger partial charge in [0.1, 0.15) is 0 Å². The lowest BCUT2D eigenvalue weighted by molar-refractivity contribution is 0.359. The van der Waals surface area contributed by atoms with Crippen LogP contribution in [-0.4, -0.2) is 6.04 Å². The van der Waals surface area contributed by atoms with Crippen LogP contribution in [0.5, 0.6) is 0 Å². The quantitative estimate of drug-likeness (QED) is 0.832. The number of hydrogen-bond donors (Lipinski definition) is 1. The Bertz CT molecular complexity index is 301. The molecular formula is C12H18BrN. The number of nitrogens with one attached hydrogen (secondary N) is 1. The standard InChI is InChI=1S/C12H18BrN/c1-9(12(2,3)4)14-11-8-6-5-7-10(11)13/h5-9,14H,1-4H3. The summed E-state index contributed by atoms with van der Waals surface area (Å²) >= 11 is 3.53. The van der Waals surface area contributed by atoms with Gasteiger partial charge in [-0.1, -0.05) is 32.9 Å². The fourth-order valence-electron chi connectivity index (χ4n) is 1.03. The van der Waals surface area contributed by atoms with E-state index in [1.54, 1.807) is 0 Å². The van der Waals surface area contributed by atoms with Crippen molar-refractivity contribution in [2.45, 2.75) is 33.7 Å². The monoisotopic (exact) mass is 255 g/mol. The van der Waals surface area contributed by atoms with Crippen LogP contribution >= 0.6 is 15.9 Å². The zero-order valence-corrected chi connectivity index (χ0v) is 10.9. The lowest BCUT2D eigenvalue weighted by Gasteiger charge is -2.29. The van der Waals surface area contributed by atoms with Crippen LogP contribution in [0.3, 0.4) is 0 Å². The zero-order valence-electron chi connectivity index (χ0n) is 9.26. The predicted molar refractivity (Wildman–Crippen MR) is 66.7 cm³/mol. The van der Waals surface area contributed by atoms with E-state index in [1.165, 1.54) is 0 Å². The summed E-state index contributed by atoms with van der Waals surface area (Å²) < 4.78 is 1.12. The topological polar surface area (TPSA) is 12.0 Å². The molecule has 14 heavy (non-hydrogen) atoms. The molecule has 1 aromatic rings. The molecule has 0 saturated heterocycles. The van der Waals surface area contributed by atoms with E-state index >= 15 is 0 Å². The van der Waals surface area contributed by atoms with Crippen molar-refractivity contribution in [1.29, 1.82) is 0 Å². The second-order valence-electron chi connectivity index (χ2n) is 4.71. The van der Waals surface area contributed by atoms with E-state index in [2.05, 4.69) is 61.1 Å². The van der Waals surface area contributed by atoms with Crippen molar-refractivity contribution in [3.63, 3.8) is 0 Å². The van der Waals surface area contributed by atoms with Crippen LogP contribution in [-0.2, 0) is 0 Å². The molecule has 0 bridgehead atoms. The highest BCUT2D eigenvalue weighted by Crippen LogP contribution is 2.27. The molecule has 1 nitrogen and oxygen atoms in total. The van der Waals surface area contributed by atoms with Crippen molar-refractivity contribution in [3.05, 3.63) is 28.7 Å². The van der Waals surface area contributed by atoms with Gasteiger partial charge in [0, 0.05) is 16.2 Å². The first-order chi connectivity index (χ1) is 6.41. The molecule has 2 heteroatoms. The van der Waals surface area contributed by atoms with Crippen molar-refractivity contribution in [3.8, 4) is 0 Å².